The van der Waals surface area contributed by atoms with E-state index in [-0.39, 0.29) is 5.41 Å². The first-order chi connectivity index (χ1) is 14.1. The molecule has 0 aliphatic heterocycles. The van der Waals surface area contributed by atoms with Crippen molar-refractivity contribution in [3.63, 3.8) is 0 Å². The van der Waals surface area contributed by atoms with E-state index in [1.54, 1.807) is 0 Å². The third kappa shape index (κ3) is 2.67. The van der Waals surface area contributed by atoms with Gasteiger partial charge in [-0.3, -0.25) is 4.98 Å². The minimum Gasteiger partial charge on any atom is -0.254 e. The fourth-order valence-corrected chi connectivity index (χ4v) is 4.11. The minimum atomic E-state index is 0.0652. The molecule has 0 aliphatic carbocycles. The molecule has 4 nitrogen and oxygen atoms in total. The lowest BCUT2D eigenvalue weighted by molar-refractivity contribution is 0.507. The van der Waals surface area contributed by atoms with Crippen molar-refractivity contribution in [1.82, 2.24) is 19.3 Å². The van der Waals surface area contributed by atoms with Gasteiger partial charge in [0.15, 0.2) is 5.82 Å². The molecule has 3 heterocycles. The van der Waals surface area contributed by atoms with Gasteiger partial charge in [-0.25, -0.2) is 14.3 Å². The van der Waals surface area contributed by atoms with Gasteiger partial charge >= 0.3 is 0 Å². The molecular formula is C25H24N4. The third-order valence-corrected chi connectivity index (χ3v) is 6.02. The molecule has 0 saturated heterocycles. The normalized spacial score (nSPS) is 12.1. The molecule has 0 bridgehead atoms. The maximum absolute atomic E-state index is 4.79. The number of pyridine rings is 1. The standard InChI is InChI=1S/C25H24N4/c1-4-25(2,3)20-12-7-5-10-18(20)24-27-16-17-28(24)29-21-13-8-6-11-19(21)23-22(29)14-9-15-26-23/h5-17H,4H2,1-3H3. The molecule has 5 rings (SSSR count). The summed E-state index contributed by atoms with van der Waals surface area (Å²) >= 11 is 0. The average Bonchev–Trinajstić information content (AvgIpc) is 3.36. The highest BCUT2D eigenvalue weighted by Gasteiger charge is 2.24. The number of imidazole rings is 1. The van der Waals surface area contributed by atoms with Crippen molar-refractivity contribution in [3.05, 3.63) is 84.8 Å². The largest absolute Gasteiger partial charge is 0.254 e. The van der Waals surface area contributed by atoms with Crippen LogP contribution in [0.4, 0.5) is 0 Å². The Bertz CT molecular complexity index is 1270. The Morgan fingerprint density at radius 3 is 2.45 bits per heavy atom. The topological polar surface area (TPSA) is 35.6 Å². The van der Waals surface area contributed by atoms with Gasteiger partial charge in [0.05, 0.1) is 16.6 Å². The molecule has 0 fully saturated rings. The highest BCUT2D eigenvalue weighted by Crippen LogP contribution is 2.36. The van der Waals surface area contributed by atoms with Crippen molar-refractivity contribution >= 4 is 21.9 Å². The van der Waals surface area contributed by atoms with E-state index in [4.69, 9.17) is 4.98 Å². The number of aromatic nitrogens is 4. The predicted octanol–water partition coefficient (Wildman–Crippen LogP) is 6.05. The monoisotopic (exact) mass is 380 g/mol. The van der Waals surface area contributed by atoms with Crippen LogP contribution in [0.5, 0.6) is 0 Å². The van der Waals surface area contributed by atoms with Gasteiger partial charge in [0.2, 0.25) is 0 Å². The molecule has 29 heavy (non-hydrogen) atoms. The molecule has 0 atom stereocenters. The van der Waals surface area contributed by atoms with Crippen molar-refractivity contribution in [2.24, 2.45) is 0 Å². The molecule has 0 amide bonds. The van der Waals surface area contributed by atoms with Gasteiger partial charge in [0, 0.05) is 29.5 Å². The van der Waals surface area contributed by atoms with Gasteiger partial charge in [-0.1, -0.05) is 63.2 Å². The summed E-state index contributed by atoms with van der Waals surface area (Å²) in [6.45, 7) is 6.83. The Hall–Kier alpha value is -3.40. The van der Waals surface area contributed by atoms with Gasteiger partial charge in [-0.15, -0.1) is 0 Å². The van der Waals surface area contributed by atoms with Crippen LogP contribution in [0.2, 0.25) is 0 Å². The zero-order valence-electron chi connectivity index (χ0n) is 17.0. The Kier molecular flexibility index (Phi) is 4.02. The van der Waals surface area contributed by atoms with Crippen molar-refractivity contribution in [2.75, 3.05) is 0 Å². The lowest BCUT2D eigenvalue weighted by Crippen LogP contribution is -2.18. The van der Waals surface area contributed by atoms with Crippen LogP contribution in [0.3, 0.4) is 0 Å². The average molecular weight is 380 g/mol. The van der Waals surface area contributed by atoms with Crippen molar-refractivity contribution < 1.29 is 0 Å². The van der Waals surface area contributed by atoms with E-state index < -0.39 is 0 Å². The lowest BCUT2D eigenvalue weighted by atomic mass is 9.79. The van der Waals surface area contributed by atoms with Gasteiger partial charge in [0.25, 0.3) is 0 Å². The fourth-order valence-electron chi connectivity index (χ4n) is 4.11. The molecule has 2 aromatic carbocycles. The number of para-hydroxylation sites is 1. The second-order valence-corrected chi connectivity index (χ2v) is 8.08. The first kappa shape index (κ1) is 17.7. The van der Waals surface area contributed by atoms with Gasteiger partial charge in [-0.05, 0) is 35.6 Å². The first-order valence-corrected chi connectivity index (χ1v) is 10.1. The van der Waals surface area contributed by atoms with Crippen LogP contribution in [0, 0.1) is 0 Å². The molecule has 0 N–H and O–H groups in total. The van der Waals surface area contributed by atoms with E-state index in [0.717, 1.165) is 34.2 Å². The summed E-state index contributed by atoms with van der Waals surface area (Å²) in [5.41, 5.74) is 5.74. The summed E-state index contributed by atoms with van der Waals surface area (Å²) in [5.74, 6) is 0.939. The summed E-state index contributed by atoms with van der Waals surface area (Å²) < 4.78 is 4.37. The molecule has 0 saturated carbocycles. The summed E-state index contributed by atoms with van der Waals surface area (Å²) in [7, 11) is 0. The predicted molar refractivity (Wildman–Crippen MR) is 119 cm³/mol. The third-order valence-electron chi connectivity index (χ3n) is 6.02. The van der Waals surface area contributed by atoms with E-state index in [1.807, 2.05) is 24.7 Å². The Morgan fingerprint density at radius 1 is 0.828 bits per heavy atom. The maximum atomic E-state index is 4.79. The van der Waals surface area contributed by atoms with Crippen LogP contribution < -0.4 is 0 Å². The first-order valence-electron chi connectivity index (χ1n) is 10.1. The summed E-state index contributed by atoms with van der Waals surface area (Å²) in [6.07, 6.45) is 6.82. The molecule has 0 unspecified atom stereocenters. The summed E-state index contributed by atoms with van der Waals surface area (Å²) in [5, 5.41) is 1.14. The quantitative estimate of drug-likeness (QED) is 0.380. The highest BCUT2D eigenvalue weighted by atomic mass is 15.5. The Balaban J connectivity index is 1.83. The van der Waals surface area contributed by atoms with E-state index in [2.05, 4.69) is 89.7 Å². The fraction of sp³-hybridized carbons (Fsp3) is 0.200. The van der Waals surface area contributed by atoms with Gasteiger partial charge in [-0.2, -0.15) is 0 Å². The van der Waals surface area contributed by atoms with Crippen LogP contribution in [0.15, 0.2) is 79.3 Å². The number of hydrogen-bond donors (Lipinski definition) is 0. The Morgan fingerprint density at radius 2 is 1.59 bits per heavy atom. The summed E-state index contributed by atoms with van der Waals surface area (Å²) in [4.78, 5) is 9.44. The van der Waals surface area contributed by atoms with Crippen LogP contribution in [0.25, 0.3) is 33.3 Å². The molecule has 3 aromatic heterocycles. The lowest BCUT2D eigenvalue weighted by Gasteiger charge is -2.26. The van der Waals surface area contributed by atoms with Crippen LogP contribution in [-0.2, 0) is 5.41 Å². The molecular weight excluding hydrogens is 356 g/mol. The van der Waals surface area contributed by atoms with Crippen LogP contribution in [0.1, 0.15) is 32.8 Å². The number of benzene rings is 2. The minimum absolute atomic E-state index is 0.0652. The SMILES string of the molecule is CCC(C)(C)c1ccccc1-c1nccn1-n1c2ccccc2c2ncccc21. The molecule has 0 aliphatic rings. The maximum Gasteiger partial charge on any atom is 0.159 e. The van der Waals surface area contributed by atoms with E-state index in [0.29, 0.717) is 0 Å². The van der Waals surface area contributed by atoms with Crippen molar-refractivity contribution in [3.8, 4) is 11.4 Å². The van der Waals surface area contributed by atoms with Gasteiger partial charge < -0.3 is 0 Å². The molecule has 4 heteroatoms. The molecule has 144 valence electrons. The van der Waals surface area contributed by atoms with E-state index in [1.165, 1.54) is 11.1 Å². The number of hydrogen-bond acceptors (Lipinski definition) is 2. The second-order valence-electron chi connectivity index (χ2n) is 8.08. The number of fused-ring (bicyclic) bond motifs is 3. The van der Waals surface area contributed by atoms with Crippen LogP contribution >= 0.6 is 0 Å². The number of rotatable bonds is 4. The van der Waals surface area contributed by atoms with Crippen LogP contribution in [-0.4, -0.2) is 19.3 Å². The van der Waals surface area contributed by atoms with Crippen molar-refractivity contribution in [1.29, 1.82) is 0 Å². The second kappa shape index (κ2) is 6.59. The zero-order valence-corrected chi connectivity index (χ0v) is 17.0. The molecule has 5 aromatic rings. The van der Waals surface area contributed by atoms with E-state index in [9.17, 15) is 0 Å². The summed E-state index contributed by atoms with van der Waals surface area (Å²) in [6, 6.07) is 21.1. The molecule has 0 radical (unpaired) electrons. The van der Waals surface area contributed by atoms with Gasteiger partial charge in [0.1, 0.15) is 0 Å². The van der Waals surface area contributed by atoms with E-state index >= 15 is 0 Å². The zero-order chi connectivity index (χ0) is 20.0. The number of nitrogens with zero attached hydrogens (tertiary/aromatic N) is 4. The van der Waals surface area contributed by atoms with Crippen molar-refractivity contribution in [2.45, 2.75) is 32.6 Å². The smallest absolute Gasteiger partial charge is 0.159 e. The highest BCUT2D eigenvalue weighted by molar-refractivity contribution is 6.05. The Labute approximate surface area is 170 Å². The molecule has 0 spiro atoms.